The van der Waals surface area contributed by atoms with Crippen LogP contribution in [0.25, 0.3) is 16.6 Å². The standard InChI is InChI=1S/C26H22ClFN4O2S/c1-26(22-10-11-23(27)35-22)21(30-25(34)15-2-3-15)13-24(33)31(26)19-8-9-20-16(12-19)14-29-32(20)18-6-4-17(28)5-7-18/h4-12,14-15,21H,2-3,13H2,1H3,(H,30,34)/t21-,26-/m0/s1. The fourth-order valence-corrected chi connectivity index (χ4v) is 6.17. The maximum absolute atomic E-state index is 13.4. The first-order chi connectivity index (χ1) is 16.8. The van der Waals surface area contributed by atoms with Gasteiger partial charge in [0.2, 0.25) is 11.8 Å². The SMILES string of the molecule is C[C@@]1(c2ccc(Cl)s2)[C@@H](NC(=O)C2CC2)CC(=O)N1c1ccc2c(cnn2-c2ccc(F)cc2)c1. The van der Waals surface area contributed by atoms with Crippen molar-refractivity contribution >= 4 is 51.3 Å². The van der Waals surface area contributed by atoms with Gasteiger partial charge in [0.05, 0.1) is 39.7 Å². The van der Waals surface area contributed by atoms with E-state index in [2.05, 4.69) is 10.4 Å². The molecular formula is C26H22ClFN4O2S. The summed E-state index contributed by atoms with van der Waals surface area (Å²) in [5.74, 6) is -0.321. The molecular weight excluding hydrogens is 487 g/mol. The van der Waals surface area contributed by atoms with Crippen molar-refractivity contribution < 1.29 is 14.0 Å². The normalized spacial score (nSPS) is 22.2. The molecule has 3 heterocycles. The molecule has 0 bridgehead atoms. The molecule has 35 heavy (non-hydrogen) atoms. The van der Waals surface area contributed by atoms with Crippen LogP contribution >= 0.6 is 22.9 Å². The van der Waals surface area contributed by atoms with Crippen molar-refractivity contribution in [2.75, 3.05) is 4.90 Å². The lowest BCUT2D eigenvalue weighted by Gasteiger charge is -2.39. The van der Waals surface area contributed by atoms with E-state index in [4.69, 9.17) is 11.6 Å². The summed E-state index contributed by atoms with van der Waals surface area (Å²) in [6.07, 6.45) is 3.73. The van der Waals surface area contributed by atoms with Crippen molar-refractivity contribution in [3.8, 4) is 5.69 Å². The fraction of sp³-hybridized carbons (Fsp3) is 0.269. The quantitative estimate of drug-likeness (QED) is 0.391. The monoisotopic (exact) mass is 508 g/mol. The molecule has 2 aliphatic rings. The molecule has 2 amide bonds. The van der Waals surface area contributed by atoms with Crippen LogP contribution in [0.2, 0.25) is 4.34 Å². The molecule has 1 saturated heterocycles. The number of anilines is 1. The smallest absolute Gasteiger partial charge is 0.230 e. The van der Waals surface area contributed by atoms with Gasteiger partial charge in [0.1, 0.15) is 5.82 Å². The van der Waals surface area contributed by atoms with E-state index in [9.17, 15) is 14.0 Å². The molecule has 0 spiro atoms. The zero-order valence-electron chi connectivity index (χ0n) is 18.9. The molecule has 178 valence electrons. The molecule has 1 aliphatic carbocycles. The molecule has 0 radical (unpaired) electrons. The molecule has 2 atom stereocenters. The van der Waals surface area contributed by atoms with Crippen molar-refractivity contribution in [2.45, 2.75) is 37.8 Å². The first-order valence-electron chi connectivity index (χ1n) is 11.5. The Morgan fingerprint density at radius 2 is 1.89 bits per heavy atom. The lowest BCUT2D eigenvalue weighted by Crippen LogP contribution is -2.52. The van der Waals surface area contributed by atoms with Crippen molar-refractivity contribution in [1.82, 2.24) is 15.1 Å². The van der Waals surface area contributed by atoms with Crippen LogP contribution < -0.4 is 10.2 Å². The molecule has 1 N–H and O–H groups in total. The number of fused-ring (bicyclic) bond motifs is 1. The van der Waals surface area contributed by atoms with Gasteiger partial charge in [-0.2, -0.15) is 5.10 Å². The van der Waals surface area contributed by atoms with E-state index in [1.165, 1.54) is 23.5 Å². The van der Waals surface area contributed by atoms with E-state index in [-0.39, 0.29) is 36.0 Å². The number of carbonyl (C=O) groups is 2. The number of benzene rings is 2. The van der Waals surface area contributed by atoms with Gasteiger partial charge in [0.25, 0.3) is 0 Å². The van der Waals surface area contributed by atoms with Gasteiger partial charge in [-0.3, -0.25) is 14.5 Å². The molecule has 6 rings (SSSR count). The molecule has 9 heteroatoms. The summed E-state index contributed by atoms with van der Waals surface area (Å²) in [5.41, 5.74) is 1.51. The highest BCUT2D eigenvalue weighted by molar-refractivity contribution is 7.16. The number of nitrogens with zero attached hydrogens (tertiary/aromatic N) is 3. The van der Waals surface area contributed by atoms with Crippen molar-refractivity contribution in [2.24, 2.45) is 5.92 Å². The number of hydrogen-bond acceptors (Lipinski definition) is 4. The maximum Gasteiger partial charge on any atom is 0.230 e. The minimum Gasteiger partial charge on any atom is -0.350 e. The molecule has 4 aromatic rings. The number of rotatable bonds is 5. The number of nitrogens with one attached hydrogen (secondary N) is 1. The fourth-order valence-electron chi connectivity index (χ4n) is 4.93. The number of thiophene rings is 1. The summed E-state index contributed by atoms with van der Waals surface area (Å²) in [6, 6.07) is 15.2. The minimum atomic E-state index is -0.792. The number of carbonyl (C=O) groups excluding carboxylic acids is 2. The molecule has 6 nitrogen and oxygen atoms in total. The number of halogens is 2. The van der Waals surface area contributed by atoms with Gasteiger partial charge in [0.15, 0.2) is 0 Å². The van der Waals surface area contributed by atoms with E-state index >= 15 is 0 Å². The van der Waals surface area contributed by atoms with Crippen LogP contribution in [0.5, 0.6) is 0 Å². The van der Waals surface area contributed by atoms with Gasteiger partial charge < -0.3 is 5.32 Å². The summed E-state index contributed by atoms with van der Waals surface area (Å²) in [7, 11) is 0. The minimum absolute atomic E-state index is 0.00885. The topological polar surface area (TPSA) is 67.2 Å². The Morgan fingerprint density at radius 3 is 2.57 bits per heavy atom. The third-order valence-corrected chi connectivity index (χ3v) is 8.45. The molecule has 2 aromatic heterocycles. The Hall–Kier alpha value is -3.23. The summed E-state index contributed by atoms with van der Waals surface area (Å²) in [5, 5.41) is 8.47. The predicted molar refractivity (Wildman–Crippen MR) is 134 cm³/mol. The molecule has 0 unspecified atom stereocenters. The molecule has 2 fully saturated rings. The van der Waals surface area contributed by atoms with Crippen LogP contribution in [0.15, 0.2) is 60.8 Å². The van der Waals surface area contributed by atoms with Crippen LogP contribution in [-0.4, -0.2) is 27.6 Å². The van der Waals surface area contributed by atoms with Crippen molar-refractivity contribution in [1.29, 1.82) is 0 Å². The van der Waals surface area contributed by atoms with E-state index in [1.807, 2.05) is 37.3 Å². The van der Waals surface area contributed by atoms with Crippen molar-refractivity contribution in [3.05, 3.63) is 75.8 Å². The summed E-state index contributed by atoms with van der Waals surface area (Å²) in [4.78, 5) is 28.8. The van der Waals surface area contributed by atoms with Crippen LogP contribution in [0, 0.1) is 11.7 Å². The number of amides is 2. The van der Waals surface area contributed by atoms with Crippen LogP contribution in [-0.2, 0) is 15.1 Å². The number of aromatic nitrogens is 2. The summed E-state index contributed by atoms with van der Waals surface area (Å²) in [6.45, 7) is 1.99. The Balaban J connectivity index is 1.41. The third-order valence-electron chi connectivity index (χ3n) is 6.99. The first kappa shape index (κ1) is 22.2. The Labute approximate surface area is 210 Å². The highest BCUT2D eigenvalue weighted by Crippen LogP contribution is 2.46. The predicted octanol–water partition coefficient (Wildman–Crippen LogP) is 5.43. The van der Waals surface area contributed by atoms with Gasteiger partial charge in [-0.05, 0) is 74.4 Å². The Bertz CT molecular complexity index is 1460. The second-order valence-corrected chi connectivity index (χ2v) is 11.0. The van der Waals surface area contributed by atoms with Gasteiger partial charge >= 0.3 is 0 Å². The zero-order valence-corrected chi connectivity index (χ0v) is 20.4. The van der Waals surface area contributed by atoms with Gasteiger partial charge in [-0.1, -0.05) is 11.6 Å². The Morgan fingerprint density at radius 1 is 1.14 bits per heavy atom. The van der Waals surface area contributed by atoms with E-state index in [1.54, 1.807) is 27.9 Å². The zero-order chi connectivity index (χ0) is 24.3. The second kappa shape index (κ2) is 8.17. The maximum atomic E-state index is 13.4. The van der Waals surface area contributed by atoms with E-state index < -0.39 is 5.54 Å². The second-order valence-electron chi connectivity index (χ2n) is 9.30. The highest BCUT2D eigenvalue weighted by atomic mass is 35.5. The lowest BCUT2D eigenvalue weighted by atomic mass is 9.90. The molecule has 1 saturated carbocycles. The lowest BCUT2D eigenvalue weighted by molar-refractivity contribution is -0.123. The summed E-state index contributed by atoms with van der Waals surface area (Å²) < 4.78 is 15.7. The molecule has 1 aliphatic heterocycles. The Kier molecular flexibility index (Phi) is 5.19. The third kappa shape index (κ3) is 3.72. The highest BCUT2D eigenvalue weighted by Gasteiger charge is 2.53. The van der Waals surface area contributed by atoms with E-state index in [0.717, 1.165) is 40.0 Å². The van der Waals surface area contributed by atoms with Gasteiger partial charge in [-0.15, -0.1) is 11.3 Å². The largest absolute Gasteiger partial charge is 0.350 e. The van der Waals surface area contributed by atoms with Crippen molar-refractivity contribution in [3.63, 3.8) is 0 Å². The van der Waals surface area contributed by atoms with Gasteiger partial charge in [0, 0.05) is 21.9 Å². The number of hydrogen-bond donors (Lipinski definition) is 1. The summed E-state index contributed by atoms with van der Waals surface area (Å²) >= 11 is 7.71. The van der Waals surface area contributed by atoms with Crippen LogP contribution in [0.4, 0.5) is 10.1 Å². The van der Waals surface area contributed by atoms with Crippen LogP contribution in [0.1, 0.15) is 31.1 Å². The van der Waals surface area contributed by atoms with E-state index in [0.29, 0.717) is 4.34 Å². The molecule has 2 aromatic carbocycles. The first-order valence-corrected chi connectivity index (χ1v) is 12.7. The average Bonchev–Trinajstić information content (AvgIpc) is 3.38. The van der Waals surface area contributed by atoms with Gasteiger partial charge in [-0.25, -0.2) is 9.07 Å². The van der Waals surface area contributed by atoms with Crippen LogP contribution in [0.3, 0.4) is 0 Å². The average molecular weight is 509 g/mol.